The summed E-state index contributed by atoms with van der Waals surface area (Å²) in [6.45, 7) is 8.82. The number of carboxylic acids is 1. The Labute approximate surface area is 163 Å². The summed E-state index contributed by atoms with van der Waals surface area (Å²) in [6, 6.07) is 0. The van der Waals surface area contributed by atoms with Crippen LogP contribution in [-0.4, -0.2) is 16.9 Å². The van der Waals surface area contributed by atoms with E-state index in [9.17, 15) is 14.7 Å². The Morgan fingerprint density at radius 1 is 1.26 bits per heavy atom. The van der Waals surface area contributed by atoms with Crippen molar-refractivity contribution in [3.05, 3.63) is 24.3 Å². The van der Waals surface area contributed by atoms with E-state index in [1.807, 2.05) is 6.08 Å². The molecule has 3 nitrogen and oxygen atoms in total. The number of fused-ring (bicyclic) bond motifs is 5. The molecule has 0 spiro atoms. The van der Waals surface area contributed by atoms with Crippen LogP contribution in [0.4, 0.5) is 0 Å². The summed E-state index contributed by atoms with van der Waals surface area (Å²) in [7, 11) is 0. The molecular formula is C24H34O3. The van der Waals surface area contributed by atoms with E-state index < -0.39 is 5.97 Å². The third kappa shape index (κ3) is 2.84. The minimum atomic E-state index is -0.641. The first-order valence-electron chi connectivity index (χ1n) is 10.9. The van der Waals surface area contributed by atoms with Crippen LogP contribution in [0.15, 0.2) is 24.3 Å². The highest BCUT2D eigenvalue weighted by Gasteiger charge is 2.61. The Morgan fingerprint density at radius 3 is 2.74 bits per heavy atom. The molecule has 0 aliphatic heterocycles. The molecule has 4 aliphatic carbocycles. The lowest BCUT2D eigenvalue weighted by molar-refractivity contribution is -0.140. The molecule has 148 valence electrons. The fourth-order valence-corrected chi connectivity index (χ4v) is 7.81. The van der Waals surface area contributed by atoms with Gasteiger partial charge >= 0.3 is 5.97 Å². The van der Waals surface area contributed by atoms with E-state index in [2.05, 4.69) is 26.5 Å². The SMILES string of the molecule is C=CC[C@@H]1CC2=CC(=O)CC[C@]2(C)[C@H]2CC[C@]3(C)[C@@H](CC(=O)O)CC[C@H]3[C@H]12. The lowest BCUT2D eigenvalue weighted by Crippen LogP contribution is -2.53. The molecule has 0 saturated heterocycles. The normalized spacial score (nSPS) is 46.1. The number of ketones is 1. The number of carboxylic acid groups (broad SMARTS) is 1. The maximum absolute atomic E-state index is 12.1. The number of allylic oxidation sites excluding steroid dienone is 2. The summed E-state index contributed by atoms with van der Waals surface area (Å²) < 4.78 is 0. The zero-order chi connectivity index (χ0) is 19.4. The second-order valence-corrected chi connectivity index (χ2v) is 10.2. The number of rotatable bonds is 4. The van der Waals surface area contributed by atoms with Gasteiger partial charge in [-0.15, -0.1) is 6.58 Å². The molecule has 0 radical (unpaired) electrons. The van der Waals surface area contributed by atoms with Crippen molar-refractivity contribution in [3.63, 3.8) is 0 Å². The number of aliphatic carboxylic acids is 1. The molecule has 1 N–H and O–H groups in total. The van der Waals surface area contributed by atoms with Crippen LogP contribution in [-0.2, 0) is 9.59 Å². The highest BCUT2D eigenvalue weighted by atomic mass is 16.4. The van der Waals surface area contributed by atoms with Gasteiger partial charge in [0.25, 0.3) is 0 Å². The van der Waals surface area contributed by atoms with Crippen molar-refractivity contribution < 1.29 is 14.7 Å². The van der Waals surface area contributed by atoms with Crippen molar-refractivity contribution in [2.45, 2.75) is 71.6 Å². The lowest BCUT2D eigenvalue weighted by Gasteiger charge is -2.60. The summed E-state index contributed by atoms with van der Waals surface area (Å²) >= 11 is 0. The second kappa shape index (κ2) is 6.60. The molecule has 7 atom stereocenters. The van der Waals surface area contributed by atoms with Crippen molar-refractivity contribution in [3.8, 4) is 0 Å². The van der Waals surface area contributed by atoms with Crippen molar-refractivity contribution in [1.29, 1.82) is 0 Å². The second-order valence-electron chi connectivity index (χ2n) is 10.2. The molecule has 4 rings (SSSR count). The van der Waals surface area contributed by atoms with Gasteiger partial charge in [-0.1, -0.05) is 25.5 Å². The summed E-state index contributed by atoms with van der Waals surface area (Å²) in [6.07, 6.45) is 12.7. The number of carbonyl (C=O) groups excluding carboxylic acids is 1. The van der Waals surface area contributed by atoms with Gasteiger partial charge in [0.15, 0.2) is 5.78 Å². The average Bonchev–Trinajstić information content (AvgIpc) is 2.92. The minimum absolute atomic E-state index is 0.168. The predicted octanol–water partition coefficient (Wildman–Crippen LogP) is 5.41. The fourth-order valence-electron chi connectivity index (χ4n) is 7.81. The van der Waals surface area contributed by atoms with Gasteiger partial charge in [-0.25, -0.2) is 0 Å². The van der Waals surface area contributed by atoms with E-state index in [0.717, 1.165) is 32.1 Å². The van der Waals surface area contributed by atoms with E-state index in [1.54, 1.807) is 0 Å². The Morgan fingerprint density at radius 2 is 2.04 bits per heavy atom. The van der Waals surface area contributed by atoms with Crippen molar-refractivity contribution >= 4 is 11.8 Å². The standard InChI is InChI=1S/C24H34O3/c1-4-5-15-12-17-13-18(25)8-10-24(17,3)20-9-11-23(2)16(14-21(26)27)6-7-19(23)22(15)20/h4,13,15-16,19-20,22H,1,5-12,14H2,2-3H3,(H,26,27)/t15-,16-,19+,20+,22+,23-,24+/m1/s1. The first-order valence-corrected chi connectivity index (χ1v) is 10.9. The van der Waals surface area contributed by atoms with Gasteiger partial charge in [-0.2, -0.15) is 0 Å². The lowest BCUT2D eigenvalue weighted by atomic mass is 9.44. The molecule has 0 unspecified atom stereocenters. The molecule has 3 heteroatoms. The van der Waals surface area contributed by atoms with E-state index in [1.165, 1.54) is 18.4 Å². The third-order valence-corrected chi connectivity index (χ3v) is 9.22. The summed E-state index contributed by atoms with van der Waals surface area (Å²) in [5, 5.41) is 9.41. The molecule has 0 amide bonds. The van der Waals surface area contributed by atoms with Crippen molar-refractivity contribution in [2.75, 3.05) is 0 Å². The van der Waals surface area contributed by atoms with Gasteiger partial charge in [0.2, 0.25) is 0 Å². The van der Waals surface area contributed by atoms with Crippen molar-refractivity contribution in [2.24, 2.45) is 40.4 Å². The first kappa shape index (κ1) is 19.0. The summed E-state index contributed by atoms with van der Waals surface area (Å²) in [5.74, 6) is 2.46. The van der Waals surface area contributed by atoms with Crippen LogP contribution in [0.3, 0.4) is 0 Å². The fraction of sp³-hybridized carbons (Fsp3) is 0.750. The molecule has 27 heavy (non-hydrogen) atoms. The molecular weight excluding hydrogens is 336 g/mol. The van der Waals surface area contributed by atoms with Gasteiger partial charge in [0.05, 0.1) is 0 Å². The van der Waals surface area contributed by atoms with E-state index in [-0.39, 0.29) is 10.8 Å². The zero-order valence-electron chi connectivity index (χ0n) is 16.9. The number of hydrogen-bond donors (Lipinski definition) is 1. The van der Waals surface area contributed by atoms with Crippen LogP contribution < -0.4 is 0 Å². The Balaban J connectivity index is 1.71. The van der Waals surface area contributed by atoms with Crippen LogP contribution in [0, 0.1) is 40.4 Å². The van der Waals surface area contributed by atoms with Crippen molar-refractivity contribution in [1.82, 2.24) is 0 Å². The van der Waals surface area contributed by atoms with Crippen LogP contribution in [0.25, 0.3) is 0 Å². The number of hydrogen-bond acceptors (Lipinski definition) is 2. The minimum Gasteiger partial charge on any atom is -0.481 e. The largest absolute Gasteiger partial charge is 0.481 e. The molecule has 4 aliphatic rings. The molecule has 0 heterocycles. The first-order chi connectivity index (χ1) is 12.8. The monoisotopic (exact) mass is 370 g/mol. The van der Waals surface area contributed by atoms with Gasteiger partial charge in [-0.3, -0.25) is 9.59 Å². The molecule has 0 aromatic rings. The quantitative estimate of drug-likeness (QED) is 0.673. The Bertz CT molecular complexity index is 692. The maximum atomic E-state index is 12.1. The van der Waals surface area contributed by atoms with Gasteiger partial charge < -0.3 is 5.11 Å². The topological polar surface area (TPSA) is 54.4 Å². The van der Waals surface area contributed by atoms with Crippen LogP contribution in [0.5, 0.6) is 0 Å². The van der Waals surface area contributed by atoms with E-state index in [4.69, 9.17) is 0 Å². The molecule has 0 bridgehead atoms. The third-order valence-electron chi connectivity index (χ3n) is 9.22. The smallest absolute Gasteiger partial charge is 0.303 e. The van der Waals surface area contributed by atoms with Crippen LogP contribution in [0.2, 0.25) is 0 Å². The maximum Gasteiger partial charge on any atom is 0.303 e. The number of carbonyl (C=O) groups is 2. The van der Waals surface area contributed by atoms with Crippen LogP contribution in [0.1, 0.15) is 71.6 Å². The molecule has 0 aromatic carbocycles. The zero-order valence-corrected chi connectivity index (χ0v) is 16.9. The summed E-state index contributed by atoms with van der Waals surface area (Å²) in [5.41, 5.74) is 1.74. The predicted molar refractivity (Wildman–Crippen MR) is 106 cm³/mol. The van der Waals surface area contributed by atoms with E-state index >= 15 is 0 Å². The van der Waals surface area contributed by atoms with Crippen LogP contribution >= 0.6 is 0 Å². The Hall–Kier alpha value is -1.38. The average molecular weight is 371 g/mol. The molecule has 3 saturated carbocycles. The molecule has 3 fully saturated rings. The summed E-state index contributed by atoms with van der Waals surface area (Å²) in [4.78, 5) is 23.6. The highest BCUT2D eigenvalue weighted by Crippen LogP contribution is 2.68. The van der Waals surface area contributed by atoms with E-state index in [0.29, 0.717) is 48.2 Å². The van der Waals surface area contributed by atoms with Gasteiger partial charge in [-0.05, 0) is 91.4 Å². The van der Waals surface area contributed by atoms with Gasteiger partial charge in [0.1, 0.15) is 0 Å². The van der Waals surface area contributed by atoms with Gasteiger partial charge in [0, 0.05) is 12.8 Å². The highest BCUT2D eigenvalue weighted by molar-refractivity contribution is 5.91. The molecule has 0 aromatic heterocycles. The Kier molecular flexibility index (Phi) is 4.63.